The Morgan fingerprint density at radius 3 is 2.92 bits per heavy atom. The van der Waals surface area contributed by atoms with Crippen LogP contribution in [0.5, 0.6) is 0 Å². The lowest BCUT2D eigenvalue weighted by molar-refractivity contribution is -0.384. The van der Waals surface area contributed by atoms with Gasteiger partial charge in [0.1, 0.15) is 18.3 Å². The van der Waals surface area contributed by atoms with Crippen molar-refractivity contribution in [3.05, 3.63) is 46.5 Å². The fourth-order valence-corrected chi connectivity index (χ4v) is 2.87. The van der Waals surface area contributed by atoms with Crippen molar-refractivity contribution in [1.29, 1.82) is 0 Å². The smallest absolute Gasteiger partial charge is 0.295 e. The Morgan fingerprint density at radius 1 is 1.48 bits per heavy atom. The molecule has 1 aliphatic heterocycles. The van der Waals surface area contributed by atoms with Crippen molar-refractivity contribution in [2.24, 2.45) is 0 Å². The third kappa shape index (κ3) is 4.31. The summed E-state index contributed by atoms with van der Waals surface area (Å²) in [6.07, 6.45) is 4.35. The molecule has 25 heavy (non-hydrogen) atoms. The molecule has 1 saturated heterocycles. The Hall–Kier alpha value is -2.52. The molecule has 1 aromatic carbocycles. The maximum absolute atomic E-state index is 12.4. The molecule has 0 spiro atoms. The van der Waals surface area contributed by atoms with Crippen LogP contribution in [0, 0.1) is 10.1 Å². The topological polar surface area (TPSA) is 115 Å². The van der Waals surface area contributed by atoms with Crippen molar-refractivity contribution >= 4 is 24.0 Å². The molecule has 2 heterocycles. The van der Waals surface area contributed by atoms with Gasteiger partial charge in [-0.25, -0.2) is 9.67 Å². The number of hydrogen-bond donors (Lipinski definition) is 2. The van der Waals surface area contributed by atoms with E-state index in [9.17, 15) is 14.9 Å². The number of halogens is 1. The summed E-state index contributed by atoms with van der Waals surface area (Å²) in [6.45, 7) is 2.91. The number of aromatic nitrogens is 3. The van der Waals surface area contributed by atoms with Gasteiger partial charge in [0.05, 0.1) is 4.92 Å². The van der Waals surface area contributed by atoms with Gasteiger partial charge in [-0.15, -0.1) is 12.4 Å². The van der Waals surface area contributed by atoms with Gasteiger partial charge in [-0.1, -0.05) is 0 Å². The van der Waals surface area contributed by atoms with Gasteiger partial charge in [0.25, 0.3) is 11.6 Å². The van der Waals surface area contributed by atoms with Gasteiger partial charge >= 0.3 is 0 Å². The molecular weight excluding hydrogens is 348 g/mol. The third-order valence-electron chi connectivity index (χ3n) is 4.06. The number of hydrogen-bond acceptors (Lipinski definition) is 6. The minimum atomic E-state index is -0.527. The normalized spacial score (nSPS) is 19.7. The fourth-order valence-electron chi connectivity index (χ4n) is 2.87. The molecule has 0 radical (unpaired) electrons. The number of nitrogens with one attached hydrogen (secondary N) is 2. The van der Waals surface area contributed by atoms with E-state index in [1.54, 1.807) is 6.07 Å². The highest BCUT2D eigenvalue weighted by Crippen LogP contribution is 2.23. The van der Waals surface area contributed by atoms with E-state index in [2.05, 4.69) is 27.6 Å². The van der Waals surface area contributed by atoms with Crippen molar-refractivity contribution in [1.82, 2.24) is 25.4 Å². The Labute approximate surface area is 150 Å². The molecule has 1 amide bonds. The molecule has 3 rings (SSSR count). The Kier molecular flexibility index (Phi) is 6.05. The lowest BCUT2D eigenvalue weighted by atomic mass is 10.00. The Morgan fingerprint density at radius 2 is 2.28 bits per heavy atom. The highest BCUT2D eigenvalue weighted by atomic mass is 35.5. The summed E-state index contributed by atoms with van der Waals surface area (Å²) >= 11 is 0. The van der Waals surface area contributed by atoms with Gasteiger partial charge in [-0.2, -0.15) is 5.10 Å². The van der Waals surface area contributed by atoms with Gasteiger partial charge in [0.15, 0.2) is 0 Å². The second-order valence-corrected chi connectivity index (χ2v) is 5.85. The zero-order valence-corrected chi connectivity index (χ0v) is 14.4. The van der Waals surface area contributed by atoms with Crippen LogP contribution in [-0.4, -0.2) is 44.2 Å². The summed E-state index contributed by atoms with van der Waals surface area (Å²) in [6, 6.07) is 4.75. The zero-order chi connectivity index (χ0) is 17.1. The van der Waals surface area contributed by atoms with Crippen LogP contribution in [0.3, 0.4) is 0 Å². The molecule has 1 aliphatic rings. The molecule has 2 unspecified atom stereocenters. The molecule has 9 nitrogen and oxygen atoms in total. The van der Waals surface area contributed by atoms with Crippen LogP contribution in [0.15, 0.2) is 30.9 Å². The number of piperidine rings is 1. The summed E-state index contributed by atoms with van der Waals surface area (Å²) in [5, 5.41) is 21.5. The molecule has 2 atom stereocenters. The first-order valence-corrected chi connectivity index (χ1v) is 7.72. The van der Waals surface area contributed by atoms with Crippen molar-refractivity contribution in [2.75, 3.05) is 6.54 Å². The number of amides is 1. The van der Waals surface area contributed by atoms with E-state index in [0.717, 1.165) is 19.4 Å². The maximum Gasteiger partial charge on any atom is 0.295 e. The zero-order valence-electron chi connectivity index (χ0n) is 13.6. The molecular formula is C15H19ClN6O3. The average Bonchev–Trinajstić information content (AvgIpc) is 3.08. The van der Waals surface area contributed by atoms with Crippen LogP contribution in [0.4, 0.5) is 5.69 Å². The van der Waals surface area contributed by atoms with Gasteiger partial charge in [0, 0.05) is 23.7 Å². The van der Waals surface area contributed by atoms with Crippen LogP contribution in [-0.2, 0) is 0 Å². The van der Waals surface area contributed by atoms with Crippen LogP contribution >= 0.6 is 12.4 Å². The van der Waals surface area contributed by atoms with E-state index >= 15 is 0 Å². The molecule has 2 aromatic rings. The van der Waals surface area contributed by atoms with Crippen molar-refractivity contribution in [2.45, 2.75) is 31.8 Å². The predicted molar refractivity (Wildman–Crippen MR) is 93.2 cm³/mol. The van der Waals surface area contributed by atoms with Crippen molar-refractivity contribution in [3.8, 4) is 5.69 Å². The molecule has 0 saturated carbocycles. The predicted octanol–water partition coefficient (Wildman–Crippen LogP) is 1.47. The second kappa shape index (κ2) is 8.04. The van der Waals surface area contributed by atoms with E-state index in [4.69, 9.17) is 0 Å². The highest BCUT2D eigenvalue weighted by molar-refractivity contribution is 5.95. The minimum absolute atomic E-state index is 0. The monoisotopic (exact) mass is 366 g/mol. The molecule has 10 heteroatoms. The maximum atomic E-state index is 12.4. The molecule has 134 valence electrons. The number of nitro groups is 1. The molecule has 1 aromatic heterocycles. The molecule has 2 N–H and O–H groups in total. The van der Waals surface area contributed by atoms with Crippen LogP contribution in [0.25, 0.3) is 5.69 Å². The highest BCUT2D eigenvalue weighted by Gasteiger charge is 2.23. The first kappa shape index (κ1) is 18.8. The van der Waals surface area contributed by atoms with Gasteiger partial charge < -0.3 is 10.6 Å². The van der Waals surface area contributed by atoms with Crippen LogP contribution < -0.4 is 10.6 Å². The molecule has 0 aliphatic carbocycles. The lowest BCUT2D eigenvalue weighted by Crippen LogP contribution is -2.46. The van der Waals surface area contributed by atoms with E-state index in [0.29, 0.717) is 6.04 Å². The lowest BCUT2D eigenvalue weighted by Gasteiger charge is -2.28. The van der Waals surface area contributed by atoms with E-state index in [-0.39, 0.29) is 41.3 Å². The largest absolute Gasteiger partial charge is 0.349 e. The van der Waals surface area contributed by atoms with Crippen LogP contribution in [0.1, 0.15) is 30.1 Å². The molecule has 1 fully saturated rings. The first-order chi connectivity index (χ1) is 11.5. The number of rotatable bonds is 4. The number of nitrogens with zero attached hydrogens (tertiary/aromatic N) is 4. The van der Waals surface area contributed by atoms with Gasteiger partial charge in [0.2, 0.25) is 0 Å². The summed E-state index contributed by atoms with van der Waals surface area (Å²) in [5.74, 6) is -0.303. The molecule has 0 bridgehead atoms. The van der Waals surface area contributed by atoms with Gasteiger partial charge in [-0.3, -0.25) is 14.9 Å². The first-order valence-electron chi connectivity index (χ1n) is 7.72. The van der Waals surface area contributed by atoms with Gasteiger partial charge in [-0.05, 0) is 38.4 Å². The SMILES string of the molecule is CC1CC(NC(=O)c2ccc(-n3cncn3)c([N+](=O)[O-])c2)CCN1.Cl. The average molecular weight is 367 g/mol. The fraction of sp³-hybridized carbons (Fsp3) is 0.400. The summed E-state index contributed by atoms with van der Waals surface area (Å²) in [4.78, 5) is 27.0. The second-order valence-electron chi connectivity index (χ2n) is 5.85. The summed E-state index contributed by atoms with van der Waals surface area (Å²) in [7, 11) is 0. The summed E-state index contributed by atoms with van der Waals surface area (Å²) in [5.41, 5.74) is 0.341. The Bertz CT molecular complexity index is 752. The standard InChI is InChI=1S/C15H18N6O3.ClH/c1-10-6-12(4-5-17-10)19-15(22)11-2-3-13(14(7-11)21(23)24)20-9-16-8-18-20;/h2-3,7-10,12,17H,4-6H2,1H3,(H,19,22);1H. The van der Waals surface area contributed by atoms with Crippen molar-refractivity contribution in [3.63, 3.8) is 0 Å². The van der Waals surface area contributed by atoms with Crippen molar-refractivity contribution < 1.29 is 9.72 Å². The number of benzene rings is 1. The van der Waals surface area contributed by atoms with Crippen LogP contribution in [0.2, 0.25) is 0 Å². The Balaban J connectivity index is 0.00000225. The quantitative estimate of drug-likeness (QED) is 0.625. The van der Waals surface area contributed by atoms with E-state index < -0.39 is 4.92 Å². The number of carbonyl (C=O) groups is 1. The van der Waals surface area contributed by atoms with E-state index in [1.165, 1.54) is 29.5 Å². The minimum Gasteiger partial charge on any atom is -0.349 e. The van der Waals surface area contributed by atoms with E-state index in [1.807, 2.05) is 0 Å². The third-order valence-corrected chi connectivity index (χ3v) is 4.06. The number of nitro benzene ring substituents is 1. The summed E-state index contributed by atoms with van der Waals surface area (Å²) < 4.78 is 1.30. The number of carbonyl (C=O) groups excluding carboxylic acids is 1.